The Morgan fingerprint density at radius 2 is 2.31 bits per heavy atom. The number of aliphatic hydroxyl groups excluding tert-OH is 1. The molecule has 0 bridgehead atoms. The summed E-state index contributed by atoms with van der Waals surface area (Å²) >= 11 is 0. The van der Waals surface area contributed by atoms with Gasteiger partial charge in [-0.3, -0.25) is 4.79 Å². The molecule has 1 aliphatic rings. The number of hydrogen-bond acceptors (Lipinski definition) is 3. The molecule has 1 rings (SSSR count). The lowest BCUT2D eigenvalue weighted by atomic mass is 10.1. The first-order valence-corrected chi connectivity index (χ1v) is 6.15. The Morgan fingerprint density at radius 3 is 2.81 bits per heavy atom. The van der Waals surface area contributed by atoms with Crippen LogP contribution in [0, 0.1) is 5.92 Å². The molecule has 1 aliphatic heterocycles. The Morgan fingerprint density at radius 1 is 1.62 bits per heavy atom. The number of likely N-dealkylation sites (N-methyl/N-ethyl adjacent to an activating group) is 1. The molecule has 0 spiro atoms. The largest absolute Gasteiger partial charge is 0.392 e. The Hall–Kier alpha value is -0.610. The third kappa shape index (κ3) is 4.10. The van der Waals surface area contributed by atoms with Crippen LogP contribution >= 0.6 is 0 Å². The summed E-state index contributed by atoms with van der Waals surface area (Å²) in [7, 11) is 2.04. The molecule has 1 N–H and O–H groups in total. The van der Waals surface area contributed by atoms with E-state index in [0.717, 1.165) is 39.0 Å². The fraction of sp³-hybridized carbons (Fsp3) is 0.917. The zero-order chi connectivity index (χ0) is 12.1. The molecular weight excluding hydrogens is 204 g/mol. The maximum atomic E-state index is 11.2. The van der Waals surface area contributed by atoms with Crippen molar-refractivity contribution in [3.63, 3.8) is 0 Å². The normalized spacial score (nSPS) is 22.8. The van der Waals surface area contributed by atoms with Crippen LogP contribution in [-0.2, 0) is 4.79 Å². The van der Waals surface area contributed by atoms with E-state index in [0.29, 0.717) is 5.92 Å². The second-order valence-electron chi connectivity index (χ2n) is 4.90. The fourth-order valence-electron chi connectivity index (χ4n) is 2.27. The predicted molar refractivity (Wildman–Crippen MR) is 64.2 cm³/mol. The molecule has 1 fully saturated rings. The van der Waals surface area contributed by atoms with E-state index in [1.165, 1.54) is 0 Å². The van der Waals surface area contributed by atoms with Gasteiger partial charge in [-0.25, -0.2) is 0 Å². The summed E-state index contributed by atoms with van der Waals surface area (Å²) in [5, 5.41) is 9.54. The van der Waals surface area contributed by atoms with Gasteiger partial charge in [0.25, 0.3) is 0 Å². The van der Waals surface area contributed by atoms with E-state index in [9.17, 15) is 9.90 Å². The van der Waals surface area contributed by atoms with Crippen LogP contribution in [0.15, 0.2) is 0 Å². The molecule has 0 aliphatic carbocycles. The van der Waals surface area contributed by atoms with E-state index in [-0.39, 0.29) is 12.0 Å². The molecule has 1 heterocycles. The summed E-state index contributed by atoms with van der Waals surface area (Å²) in [6, 6.07) is 0. The average molecular weight is 228 g/mol. The van der Waals surface area contributed by atoms with Crippen molar-refractivity contribution in [2.75, 3.05) is 33.2 Å². The van der Waals surface area contributed by atoms with Gasteiger partial charge in [-0.15, -0.1) is 0 Å². The number of rotatable bonds is 5. The average Bonchev–Trinajstić information content (AvgIpc) is 2.65. The minimum absolute atomic E-state index is 0.179. The van der Waals surface area contributed by atoms with Crippen LogP contribution in [0.25, 0.3) is 0 Å². The first kappa shape index (κ1) is 13.5. The quantitative estimate of drug-likeness (QED) is 0.747. The summed E-state index contributed by atoms with van der Waals surface area (Å²) in [6.45, 7) is 7.10. The zero-order valence-corrected chi connectivity index (χ0v) is 10.6. The van der Waals surface area contributed by atoms with Gasteiger partial charge in [0, 0.05) is 33.1 Å². The molecule has 94 valence electrons. The fourth-order valence-corrected chi connectivity index (χ4v) is 2.27. The third-order valence-corrected chi connectivity index (χ3v) is 3.29. The van der Waals surface area contributed by atoms with Crippen molar-refractivity contribution in [1.82, 2.24) is 9.80 Å². The maximum Gasteiger partial charge on any atom is 0.219 e. The number of amides is 1. The standard InChI is InChI=1S/C12H24N2O2/c1-4-12(16)9-13(3)7-11-5-6-14(8-11)10(2)15/h11-12,16H,4-9H2,1-3H3/t11?,12-/m1/s1. The molecule has 2 atom stereocenters. The Kier molecular flexibility index (Phi) is 5.22. The van der Waals surface area contributed by atoms with E-state index in [4.69, 9.17) is 0 Å². The zero-order valence-electron chi connectivity index (χ0n) is 10.6. The van der Waals surface area contributed by atoms with Crippen LogP contribution in [0.5, 0.6) is 0 Å². The van der Waals surface area contributed by atoms with Gasteiger partial charge in [0.15, 0.2) is 0 Å². The molecule has 1 saturated heterocycles. The number of nitrogens with zero attached hydrogens (tertiary/aromatic N) is 2. The molecule has 4 heteroatoms. The van der Waals surface area contributed by atoms with Crippen LogP contribution in [0.4, 0.5) is 0 Å². The van der Waals surface area contributed by atoms with Gasteiger partial charge >= 0.3 is 0 Å². The van der Waals surface area contributed by atoms with Crippen molar-refractivity contribution in [1.29, 1.82) is 0 Å². The summed E-state index contributed by atoms with van der Waals surface area (Å²) in [6.07, 6.45) is 1.66. The summed E-state index contributed by atoms with van der Waals surface area (Å²) in [4.78, 5) is 15.3. The summed E-state index contributed by atoms with van der Waals surface area (Å²) in [5.41, 5.74) is 0. The number of hydrogen-bond donors (Lipinski definition) is 1. The van der Waals surface area contributed by atoms with Crippen molar-refractivity contribution < 1.29 is 9.90 Å². The minimum Gasteiger partial charge on any atom is -0.392 e. The first-order valence-electron chi connectivity index (χ1n) is 6.15. The smallest absolute Gasteiger partial charge is 0.219 e. The molecule has 0 radical (unpaired) electrons. The van der Waals surface area contributed by atoms with Crippen molar-refractivity contribution >= 4 is 5.91 Å². The van der Waals surface area contributed by atoms with Crippen molar-refractivity contribution in [2.45, 2.75) is 32.8 Å². The number of likely N-dealkylation sites (tertiary alicyclic amines) is 1. The van der Waals surface area contributed by atoms with Gasteiger partial charge in [-0.1, -0.05) is 6.92 Å². The van der Waals surface area contributed by atoms with E-state index in [2.05, 4.69) is 4.90 Å². The molecular formula is C12H24N2O2. The lowest BCUT2D eigenvalue weighted by Gasteiger charge is -2.23. The number of aliphatic hydroxyl groups is 1. The van der Waals surface area contributed by atoms with Gasteiger partial charge < -0.3 is 14.9 Å². The molecule has 1 unspecified atom stereocenters. The van der Waals surface area contributed by atoms with Crippen LogP contribution < -0.4 is 0 Å². The van der Waals surface area contributed by atoms with Gasteiger partial charge in [-0.2, -0.15) is 0 Å². The topological polar surface area (TPSA) is 43.8 Å². The molecule has 16 heavy (non-hydrogen) atoms. The van der Waals surface area contributed by atoms with Crippen LogP contribution in [0.1, 0.15) is 26.7 Å². The first-order chi connectivity index (χ1) is 7.52. The molecule has 0 aromatic carbocycles. The van der Waals surface area contributed by atoms with Crippen molar-refractivity contribution in [2.24, 2.45) is 5.92 Å². The molecule has 4 nitrogen and oxygen atoms in total. The van der Waals surface area contributed by atoms with E-state index in [1.54, 1.807) is 6.92 Å². The maximum absolute atomic E-state index is 11.2. The van der Waals surface area contributed by atoms with E-state index < -0.39 is 0 Å². The van der Waals surface area contributed by atoms with E-state index in [1.807, 2.05) is 18.9 Å². The van der Waals surface area contributed by atoms with Crippen LogP contribution in [-0.4, -0.2) is 60.1 Å². The summed E-state index contributed by atoms with van der Waals surface area (Å²) < 4.78 is 0. The highest BCUT2D eigenvalue weighted by atomic mass is 16.3. The Bertz CT molecular complexity index is 233. The van der Waals surface area contributed by atoms with E-state index >= 15 is 0 Å². The molecule has 0 aromatic rings. The molecule has 0 saturated carbocycles. The van der Waals surface area contributed by atoms with Crippen LogP contribution in [0.2, 0.25) is 0 Å². The number of carbonyl (C=O) groups is 1. The molecule has 0 aromatic heterocycles. The second-order valence-corrected chi connectivity index (χ2v) is 4.90. The summed E-state index contributed by atoms with van der Waals surface area (Å²) in [5.74, 6) is 0.747. The Balaban J connectivity index is 2.25. The second kappa shape index (κ2) is 6.21. The lowest BCUT2D eigenvalue weighted by molar-refractivity contribution is -0.127. The highest BCUT2D eigenvalue weighted by molar-refractivity contribution is 5.73. The highest BCUT2D eigenvalue weighted by Crippen LogP contribution is 2.17. The molecule has 1 amide bonds. The van der Waals surface area contributed by atoms with Crippen LogP contribution in [0.3, 0.4) is 0 Å². The monoisotopic (exact) mass is 228 g/mol. The van der Waals surface area contributed by atoms with Gasteiger partial charge in [0.2, 0.25) is 5.91 Å². The SMILES string of the molecule is CC[C@@H](O)CN(C)CC1CCN(C(C)=O)C1. The predicted octanol–water partition coefficient (Wildman–Crippen LogP) is 0.557. The minimum atomic E-state index is -0.227. The van der Waals surface area contributed by atoms with Gasteiger partial charge in [-0.05, 0) is 25.8 Å². The number of carbonyl (C=O) groups excluding carboxylic acids is 1. The van der Waals surface area contributed by atoms with Crippen molar-refractivity contribution in [3.05, 3.63) is 0 Å². The van der Waals surface area contributed by atoms with Gasteiger partial charge in [0.05, 0.1) is 6.10 Å². The van der Waals surface area contributed by atoms with Gasteiger partial charge in [0.1, 0.15) is 0 Å². The third-order valence-electron chi connectivity index (χ3n) is 3.29. The lowest BCUT2D eigenvalue weighted by Crippen LogP contribution is -2.34. The van der Waals surface area contributed by atoms with Crippen molar-refractivity contribution in [3.8, 4) is 0 Å². The highest BCUT2D eigenvalue weighted by Gasteiger charge is 2.25. The Labute approximate surface area is 98.2 Å².